The van der Waals surface area contributed by atoms with Gasteiger partial charge in [-0.2, -0.15) is 0 Å². The standard InChI is InChI=1S/C42H53ClN6O8S/c1-10-26-21-42(26,38(52)47-58(54,55)30-15-16-30)49(37(51)34(40(3,4)5)45-28-13-11-12-25(19-28)35(50)46-41(6,7)8)39(53)48-23-29(18-24(48)2)57-36-32-20-27(43)14-17-31(32)33(56-9)22-44-36/h10-14,17,19-20,22,24,26,29-30,34,45H,1,15-16,18,21,23H2,2-9H3,(H,46,50)(H,47,52)/t24?,26-,29-,34-,42-/m1/s1. The molecule has 14 nitrogen and oxygen atoms in total. The van der Waals surface area contributed by atoms with Crippen molar-refractivity contribution in [2.45, 2.75) is 109 Å². The molecule has 0 bridgehead atoms. The van der Waals surface area contributed by atoms with Gasteiger partial charge in [-0.15, -0.1) is 6.58 Å². The topological polar surface area (TPSA) is 176 Å². The molecule has 5 atom stereocenters. The number of methoxy groups -OCH3 is 1. The van der Waals surface area contributed by atoms with Crippen molar-refractivity contribution in [2.75, 3.05) is 19.0 Å². The van der Waals surface area contributed by atoms with Crippen molar-refractivity contribution >= 4 is 61.8 Å². The lowest BCUT2D eigenvalue weighted by molar-refractivity contribution is -0.141. The average Bonchev–Trinajstić information content (AvgIpc) is 4.07. The third-order valence-electron chi connectivity index (χ3n) is 10.8. The molecule has 3 aromatic rings. The van der Waals surface area contributed by atoms with Crippen LogP contribution in [-0.4, -0.2) is 95.1 Å². The summed E-state index contributed by atoms with van der Waals surface area (Å²) < 4.78 is 40.5. The van der Waals surface area contributed by atoms with E-state index in [0.29, 0.717) is 46.7 Å². The van der Waals surface area contributed by atoms with Crippen LogP contribution in [0.5, 0.6) is 11.6 Å². The number of pyridine rings is 1. The molecule has 1 aromatic heterocycles. The van der Waals surface area contributed by atoms with Crippen LogP contribution in [-0.2, 0) is 19.6 Å². The Kier molecular flexibility index (Phi) is 11.6. The van der Waals surface area contributed by atoms with Crippen LogP contribution in [0.4, 0.5) is 10.5 Å². The van der Waals surface area contributed by atoms with E-state index in [4.69, 9.17) is 21.1 Å². The maximum Gasteiger partial charge on any atom is 0.328 e. The van der Waals surface area contributed by atoms with E-state index in [9.17, 15) is 18.0 Å². The van der Waals surface area contributed by atoms with Crippen LogP contribution in [0.25, 0.3) is 10.8 Å². The fourth-order valence-electron chi connectivity index (χ4n) is 7.46. The number of rotatable bonds is 12. The maximum atomic E-state index is 15.3. The van der Waals surface area contributed by atoms with Crippen LogP contribution in [0.1, 0.15) is 84.5 Å². The summed E-state index contributed by atoms with van der Waals surface area (Å²) in [5.74, 6) is -1.95. The van der Waals surface area contributed by atoms with E-state index < -0.39 is 73.7 Å². The summed E-state index contributed by atoms with van der Waals surface area (Å²) in [7, 11) is -2.53. The highest BCUT2D eigenvalue weighted by molar-refractivity contribution is 7.91. The van der Waals surface area contributed by atoms with Gasteiger partial charge in [0.2, 0.25) is 15.9 Å². The monoisotopic (exact) mass is 836 g/mol. The molecule has 2 aliphatic carbocycles. The molecule has 5 amide bonds. The van der Waals surface area contributed by atoms with Gasteiger partial charge < -0.3 is 25.0 Å². The summed E-state index contributed by atoms with van der Waals surface area (Å²) in [6.07, 6.45) is 3.58. The van der Waals surface area contributed by atoms with Crippen molar-refractivity contribution in [2.24, 2.45) is 11.3 Å². The Bertz CT molecular complexity index is 2250. The number of fused-ring (bicyclic) bond motifs is 1. The SMILES string of the molecule is C=C[C@@H]1C[C@@]1(C(=O)NS(=O)(=O)C1CC1)N(C(=O)[C@@H](Nc1cccc(C(=O)NC(C)(C)C)c1)C(C)(C)C)C(=O)N1C[C@H](Oc2ncc(OC)c3ccc(Cl)cc23)CC1C. The minimum Gasteiger partial charge on any atom is -0.494 e. The number of amides is 5. The first-order chi connectivity index (χ1) is 27.1. The predicted octanol–water partition coefficient (Wildman–Crippen LogP) is 6.30. The van der Waals surface area contributed by atoms with Crippen LogP contribution in [0.15, 0.2) is 61.3 Å². The van der Waals surface area contributed by atoms with Gasteiger partial charge in [0.25, 0.3) is 17.7 Å². The number of carbonyl (C=O) groups excluding carboxylic acids is 4. The summed E-state index contributed by atoms with van der Waals surface area (Å²) in [6.45, 7) is 16.8. The molecule has 2 heterocycles. The lowest BCUT2D eigenvalue weighted by atomic mass is 9.85. The molecule has 16 heteroatoms. The summed E-state index contributed by atoms with van der Waals surface area (Å²) in [6, 6.07) is 9.51. The van der Waals surface area contributed by atoms with E-state index in [1.54, 1.807) is 48.7 Å². The van der Waals surface area contributed by atoms with Crippen LogP contribution in [0, 0.1) is 11.3 Å². The second-order valence-corrected chi connectivity index (χ2v) is 20.0. The Morgan fingerprint density at radius 2 is 1.78 bits per heavy atom. The van der Waals surface area contributed by atoms with Crippen molar-refractivity contribution in [1.29, 1.82) is 0 Å². The quantitative estimate of drug-likeness (QED) is 0.176. The number of hydrogen-bond donors (Lipinski definition) is 3. The minimum atomic E-state index is -4.06. The molecule has 3 aliphatic rings. The smallest absolute Gasteiger partial charge is 0.328 e. The Balaban J connectivity index is 1.36. The highest BCUT2D eigenvalue weighted by Gasteiger charge is 2.68. The Morgan fingerprint density at radius 3 is 2.38 bits per heavy atom. The van der Waals surface area contributed by atoms with E-state index in [-0.39, 0.29) is 24.8 Å². The molecule has 312 valence electrons. The number of ether oxygens (including phenoxy) is 2. The predicted molar refractivity (Wildman–Crippen MR) is 222 cm³/mol. The van der Waals surface area contributed by atoms with E-state index >= 15 is 9.59 Å². The van der Waals surface area contributed by atoms with Crippen LogP contribution < -0.4 is 24.8 Å². The number of hydrogen-bond acceptors (Lipinski definition) is 10. The minimum absolute atomic E-state index is 0.0227. The highest BCUT2D eigenvalue weighted by atomic mass is 35.5. The number of benzene rings is 2. The average molecular weight is 837 g/mol. The zero-order chi connectivity index (χ0) is 42.5. The molecule has 6 rings (SSSR count). The van der Waals surface area contributed by atoms with Crippen molar-refractivity contribution in [3.63, 3.8) is 0 Å². The lowest BCUT2D eigenvalue weighted by Gasteiger charge is -2.40. The molecule has 1 unspecified atom stereocenters. The Labute approximate surface area is 345 Å². The van der Waals surface area contributed by atoms with E-state index in [1.165, 1.54) is 18.1 Å². The number of imide groups is 1. The first-order valence-electron chi connectivity index (χ1n) is 19.4. The summed E-state index contributed by atoms with van der Waals surface area (Å²) >= 11 is 6.35. The van der Waals surface area contributed by atoms with Gasteiger partial charge in [0.05, 0.1) is 25.1 Å². The van der Waals surface area contributed by atoms with Crippen molar-refractivity contribution in [1.82, 2.24) is 24.8 Å². The number of nitrogens with zero attached hydrogens (tertiary/aromatic N) is 3. The molecular weight excluding hydrogens is 784 g/mol. The zero-order valence-electron chi connectivity index (χ0n) is 34.2. The number of nitrogens with one attached hydrogen (secondary N) is 3. The van der Waals surface area contributed by atoms with Crippen LogP contribution in [0.2, 0.25) is 5.02 Å². The van der Waals surface area contributed by atoms with Crippen LogP contribution in [0.3, 0.4) is 0 Å². The van der Waals surface area contributed by atoms with Gasteiger partial charge in [0, 0.05) is 51.0 Å². The van der Waals surface area contributed by atoms with Gasteiger partial charge in [0.15, 0.2) is 0 Å². The Morgan fingerprint density at radius 1 is 1.07 bits per heavy atom. The molecule has 1 saturated heterocycles. The number of halogens is 1. The molecular formula is C42H53ClN6O8S. The number of carbonyl (C=O) groups is 4. The summed E-state index contributed by atoms with van der Waals surface area (Å²) in [5.41, 5.74) is -2.49. The first kappa shape index (κ1) is 42.7. The van der Waals surface area contributed by atoms with Crippen LogP contribution >= 0.6 is 11.6 Å². The second-order valence-electron chi connectivity index (χ2n) is 17.6. The summed E-state index contributed by atoms with van der Waals surface area (Å²) in [5, 5.41) is 7.28. The maximum absolute atomic E-state index is 15.3. The normalized spacial score (nSPS) is 22.4. The molecule has 0 radical (unpaired) electrons. The highest BCUT2D eigenvalue weighted by Crippen LogP contribution is 2.52. The largest absolute Gasteiger partial charge is 0.494 e. The number of likely N-dealkylation sites (tertiary alicyclic amines) is 1. The Hall–Kier alpha value is -4.89. The van der Waals surface area contributed by atoms with Gasteiger partial charge in [0.1, 0.15) is 23.4 Å². The lowest BCUT2D eigenvalue weighted by Crippen LogP contribution is -2.64. The molecule has 2 saturated carbocycles. The fraction of sp³-hybridized carbons (Fsp3) is 0.500. The number of aromatic nitrogens is 1. The second kappa shape index (κ2) is 15.7. The van der Waals surface area contributed by atoms with Crippen molar-refractivity contribution in [3.8, 4) is 11.6 Å². The molecule has 3 fully saturated rings. The van der Waals surface area contributed by atoms with Gasteiger partial charge in [-0.05, 0) is 88.8 Å². The number of anilines is 1. The van der Waals surface area contributed by atoms with E-state index in [0.717, 1.165) is 10.3 Å². The zero-order valence-corrected chi connectivity index (χ0v) is 35.8. The summed E-state index contributed by atoms with van der Waals surface area (Å²) in [4.78, 5) is 64.8. The van der Waals surface area contributed by atoms with Gasteiger partial charge in [-0.3, -0.25) is 19.1 Å². The van der Waals surface area contributed by atoms with E-state index in [1.807, 2.05) is 48.5 Å². The first-order valence-corrected chi connectivity index (χ1v) is 21.3. The number of sulfonamides is 1. The van der Waals surface area contributed by atoms with Gasteiger partial charge in [-0.1, -0.05) is 44.5 Å². The molecule has 1 aliphatic heterocycles. The third-order valence-corrected chi connectivity index (χ3v) is 12.8. The van der Waals surface area contributed by atoms with Crippen molar-refractivity contribution < 1.29 is 37.1 Å². The fourth-order valence-corrected chi connectivity index (χ4v) is 8.99. The van der Waals surface area contributed by atoms with Gasteiger partial charge in [-0.25, -0.2) is 23.1 Å². The number of urea groups is 1. The molecule has 0 spiro atoms. The third kappa shape index (κ3) is 8.75. The van der Waals surface area contributed by atoms with Gasteiger partial charge >= 0.3 is 6.03 Å². The molecule has 58 heavy (non-hydrogen) atoms. The molecule has 3 N–H and O–H groups in total. The van der Waals surface area contributed by atoms with E-state index in [2.05, 4.69) is 26.9 Å². The molecule has 2 aromatic carbocycles. The van der Waals surface area contributed by atoms with Crippen molar-refractivity contribution in [3.05, 3.63) is 71.9 Å².